The maximum atomic E-state index is 14.6. The average molecular weight is 500 g/mol. The Labute approximate surface area is 213 Å². The first-order valence-electron chi connectivity index (χ1n) is 12.3. The van der Waals surface area contributed by atoms with Crippen molar-refractivity contribution in [3.63, 3.8) is 0 Å². The van der Waals surface area contributed by atoms with Gasteiger partial charge in [0.1, 0.15) is 0 Å². The Morgan fingerprint density at radius 2 is 1.78 bits per heavy atom. The highest BCUT2D eigenvalue weighted by Crippen LogP contribution is 2.33. The monoisotopic (exact) mass is 499 g/mol. The minimum absolute atomic E-state index is 0.125. The van der Waals surface area contributed by atoms with E-state index in [-0.39, 0.29) is 18.0 Å². The van der Waals surface area contributed by atoms with E-state index in [1.807, 2.05) is 58.0 Å². The van der Waals surface area contributed by atoms with Crippen LogP contribution < -0.4 is 4.74 Å². The standard InChI is InChI=1S/C28H38FN3O4/c1-6-25-23(19-31(16-17-34-5)18-22(33)20-35-28(2,3)4)27(36-26-15-11-10-14-24(26)29)32(30-25)21-12-8-7-9-13-21/h7-15,22,33H,6,16-20H2,1-5H3/t22-/m0/s1. The summed E-state index contributed by atoms with van der Waals surface area (Å²) in [6.45, 7) is 10.0. The zero-order valence-electron chi connectivity index (χ0n) is 21.9. The summed E-state index contributed by atoms with van der Waals surface area (Å²) in [5, 5.41) is 15.5. The lowest BCUT2D eigenvalue weighted by Gasteiger charge is -2.27. The minimum atomic E-state index is -0.689. The van der Waals surface area contributed by atoms with Crippen LogP contribution in [0.4, 0.5) is 4.39 Å². The van der Waals surface area contributed by atoms with Crippen molar-refractivity contribution in [2.24, 2.45) is 0 Å². The summed E-state index contributed by atoms with van der Waals surface area (Å²) in [5.41, 5.74) is 2.15. The number of ether oxygens (including phenoxy) is 3. The number of rotatable bonds is 13. The van der Waals surface area contributed by atoms with Crippen molar-refractivity contribution in [3.8, 4) is 17.3 Å². The van der Waals surface area contributed by atoms with E-state index in [4.69, 9.17) is 19.3 Å². The van der Waals surface area contributed by atoms with Gasteiger partial charge in [0.05, 0.1) is 41.9 Å². The summed E-state index contributed by atoms with van der Waals surface area (Å²) < 4.78 is 33.6. The Bertz CT molecular complexity index is 1080. The van der Waals surface area contributed by atoms with Crippen molar-refractivity contribution >= 4 is 0 Å². The molecule has 8 heteroatoms. The van der Waals surface area contributed by atoms with Crippen LogP contribution in [0.5, 0.6) is 11.6 Å². The van der Waals surface area contributed by atoms with E-state index in [0.717, 1.165) is 16.9 Å². The van der Waals surface area contributed by atoms with Gasteiger partial charge in [-0.2, -0.15) is 5.10 Å². The summed E-state index contributed by atoms with van der Waals surface area (Å²) in [7, 11) is 1.65. The predicted octanol–water partition coefficient (Wildman–Crippen LogP) is 4.99. The van der Waals surface area contributed by atoms with Crippen molar-refractivity contribution in [2.75, 3.05) is 33.4 Å². The van der Waals surface area contributed by atoms with Gasteiger partial charge in [-0.3, -0.25) is 4.90 Å². The van der Waals surface area contributed by atoms with Gasteiger partial charge >= 0.3 is 0 Å². The Morgan fingerprint density at radius 1 is 1.08 bits per heavy atom. The third kappa shape index (κ3) is 7.86. The Morgan fingerprint density at radius 3 is 2.42 bits per heavy atom. The van der Waals surface area contributed by atoms with Gasteiger partial charge in [0.15, 0.2) is 11.6 Å². The van der Waals surface area contributed by atoms with Crippen LogP contribution in [-0.4, -0.2) is 64.9 Å². The second-order valence-corrected chi connectivity index (χ2v) is 9.67. The summed E-state index contributed by atoms with van der Waals surface area (Å²) >= 11 is 0. The van der Waals surface area contributed by atoms with Gasteiger partial charge in [0.2, 0.25) is 5.88 Å². The van der Waals surface area contributed by atoms with Crippen LogP contribution in [0.15, 0.2) is 54.6 Å². The topological polar surface area (TPSA) is 69.0 Å². The van der Waals surface area contributed by atoms with E-state index in [2.05, 4.69) is 4.90 Å². The molecule has 196 valence electrons. The molecule has 36 heavy (non-hydrogen) atoms. The van der Waals surface area contributed by atoms with Crippen LogP contribution in [0.3, 0.4) is 0 Å². The molecule has 0 aliphatic heterocycles. The van der Waals surface area contributed by atoms with E-state index in [1.165, 1.54) is 6.07 Å². The average Bonchev–Trinajstić information content (AvgIpc) is 3.19. The molecule has 0 radical (unpaired) electrons. The van der Waals surface area contributed by atoms with E-state index in [9.17, 15) is 9.50 Å². The molecule has 0 bridgehead atoms. The minimum Gasteiger partial charge on any atom is -0.435 e. The third-order valence-electron chi connectivity index (χ3n) is 5.57. The number of hydrogen-bond acceptors (Lipinski definition) is 6. The van der Waals surface area contributed by atoms with Crippen LogP contribution in [-0.2, 0) is 22.4 Å². The number of nitrogens with zero attached hydrogens (tertiary/aromatic N) is 3. The zero-order chi connectivity index (χ0) is 26.1. The number of aryl methyl sites for hydroxylation is 1. The molecule has 0 spiro atoms. The van der Waals surface area contributed by atoms with Gasteiger partial charge in [-0.25, -0.2) is 9.07 Å². The fourth-order valence-electron chi connectivity index (χ4n) is 3.78. The molecule has 0 amide bonds. The number of halogens is 1. The molecule has 1 aromatic heterocycles. The molecule has 0 saturated carbocycles. The number of para-hydroxylation sites is 2. The highest BCUT2D eigenvalue weighted by Gasteiger charge is 2.25. The molecule has 3 aromatic rings. The largest absolute Gasteiger partial charge is 0.435 e. The molecule has 0 aliphatic rings. The summed E-state index contributed by atoms with van der Waals surface area (Å²) in [4.78, 5) is 2.08. The van der Waals surface area contributed by atoms with Crippen molar-refractivity contribution < 1.29 is 23.7 Å². The van der Waals surface area contributed by atoms with Gasteiger partial charge in [-0.05, 0) is 51.5 Å². The highest BCUT2D eigenvalue weighted by atomic mass is 19.1. The summed E-state index contributed by atoms with van der Waals surface area (Å²) in [5.74, 6) is 0.125. The lowest BCUT2D eigenvalue weighted by Crippen LogP contribution is -2.38. The molecule has 2 aromatic carbocycles. The van der Waals surface area contributed by atoms with Crippen molar-refractivity contribution in [1.29, 1.82) is 0 Å². The number of benzene rings is 2. The molecule has 0 unspecified atom stereocenters. The van der Waals surface area contributed by atoms with Crippen LogP contribution >= 0.6 is 0 Å². The van der Waals surface area contributed by atoms with E-state index < -0.39 is 11.9 Å². The third-order valence-corrected chi connectivity index (χ3v) is 5.57. The molecular weight excluding hydrogens is 461 g/mol. The van der Waals surface area contributed by atoms with Gasteiger partial charge in [0, 0.05) is 26.7 Å². The van der Waals surface area contributed by atoms with Gasteiger partial charge in [0.25, 0.3) is 0 Å². The number of aliphatic hydroxyl groups is 1. The first-order chi connectivity index (χ1) is 17.2. The van der Waals surface area contributed by atoms with Gasteiger partial charge in [-0.15, -0.1) is 0 Å². The number of methoxy groups -OCH3 is 1. The lowest BCUT2D eigenvalue weighted by molar-refractivity contribution is -0.0577. The molecule has 3 rings (SSSR count). The SMILES string of the molecule is CCc1nn(-c2ccccc2)c(Oc2ccccc2F)c1CN(CCOC)C[C@H](O)COC(C)(C)C. The predicted molar refractivity (Wildman–Crippen MR) is 138 cm³/mol. The highest BCUT2D eigenvalue weighted by molar-refractivity contribution is 5.44. The Kier molecular flexibility index (Phi) is 10.0. The second-order valence-electron chi connectivity index (χ2n) is 9.67. The molecule has 7 nitrogen and oxygen atoms in total. The van der Waals surface area contributed by atoms with Gasteiger partial charge in [-0.1, -0.05) is 37.3 Å². The molecule has 0 saturated heterocycles. The van der Waals surface area contributed by atoms with E-state index >= 15 is 0 Å². The number of aromatic nitrogens is 2. The summed E-state index contributed by atoms with van der Waals surface area (Å²) in [6.07, 6.45) is -0.0253. The Balaban J connectivity index is 1.97. The van der Waals surface area contributed by atoms with Crippen molar-refractivity contribution in [3.05, 3.63) is 71.7 Å². The fourth-order valence-corrected chi connectivity index (χ4v) is 3.78. The smallest absolute Gasteiger partial charge is 0.227 e. The first kappa shape index (κ1) is 27.8. The fraction of sp³-hybridized carbons (Fsp3) is 0.464. The van der Waals surface area contributed by atoms with E-state index in [0.29, 0.717) is 38.5 Å². The van der Waals surface area contributed by atoms with Crippen LogP contribution in [0.25, 0.3) is 5.69 Å². The molecule has 1 N–H and O–H groups in total. The maximum absolute atomic E-state index is 14.6. The number of hydrogen-bond donors (Lipinski definition) is 1. The zero-order valence-corrected chi connectivity index (χ0v) is 21.9. The quantitative estimate of drug-likeness (QED) is 0.357. The molecule has 1 heterocycles. The van der Waals surface area contributed by atoms with Crippen molar-refractivity contribution in [1.82, 2.24) is 14.7 Å². The maximum Gasteiger partial charge on any atom is 0.227 e. The van der Waals surface area contributed by atoms with Crippen LogP contribution in [0.1, 0.15) is 39.0 Å². The normalized spacial score (nSPS) is 12.8. The summed E-state index contributed by atoms with van der Waals surface area (Å²) in [6, 6.07) is 16.0. The molecule has 0 fully saturated rings. The van der Waals surface area contributed by atoms with Gasteiger partial charge < -0.3 is 19.3 Å². The molecular formula is C28H38FN3O4. The second kappa shape index (κ2) is 13.0. The van der Waals surface area contributed by atoms with Crippen molar-refractivity contribution in [2.45, 2.75) is 52.4 Å². The first-order valence-corrected chi connectivity index (χ1v) is 12.3. The van der Waals surface area contributed by atoms with Crippen LogP contribution in [0.2, 0.25) is 0 Å². The van der Waals surface area contributed by atoms with E-state index in [1.54, 1.807) is 30.0 Å². The molecule has 0 aliphatic carbocycles. The number of aliphatic hydroxyl groups excluding tert-OH is 1. The molecule has 1 atom stereocenters. The van der Waals surface area contributed by atoms with Crippen LogP contribution in [0, 0.1) is 5.82 Å². The Hall–Kier alpha value is -2.78. The lowest BCUT2D eigenvalue weighted by atomic mass is 10.1.